The number of benzene rings is 1. The van der Waals surface area contributed by atoms with Crippen molar-refractivity contribution in [2.45, 2.75) is 76.7 Å². The molecular formula is C27H35N3O3. The van der Waals surface area contributed by atoms with Crippen LogP contribution in [0.3, 0.4) is 0 Å². The van der Waals surface area contributed by atoms with E-state index in [0.717, 1.165) is 66.6 Å². The average Bonchev–Trinajstić information content (AvgIpc) is 2.81. The maximum absolute atomic E-state index is 12.5. The van der Waals surface area contributed by atoms with Gasteiger partial charge in [-0.2, -0.15) is 0 Å². The van der Waals surface area contributed by atoms with Gasteiger partial charge >= 0.3 is 0 Å². The van der Waals surface area contributed by atoms with Crippen LogP contribution < -0.4 is 5.32 Å². The molecule has 1 spiro atoms. The van der Waals surface area contributed by atoms with Crippen LogP contribution in [-0.2, 0) is 15.2 Å². The van der Waals surface area contributed by atoms with Crippen molar-refractivity contribution in [3.05, 3.63) is 41.1 Å². The molecule has 176 valence electrons. The molecule has 3 heterocycles. The van der Waals surface area contributed by atoms with Gasteiger partial charge in [0.05, 0.1) is 17.0 Å². The first-order chi connectivity index (χ1) is 15.8. The topological polar surface area (TPSA) is 82.5 Å². The van der Waals surface area contributed by atoms with E-state index in [0.29, 0.717) is 12.8 Å². The van der Waals surface area contributed by atoms with Crippen LogP contribution in [0, 0.1) is 12.3 Å². The lowest BCUT2D eigenvalue weighted by Gasteiger charge is -2.56. The Labute approximate surface area is 195 Å². The zero-order chi connectivity index (χ0) is 23.2. The molecule has 6 nitrogen and oxygen atoms in total. The molecule has 0 radical (unpaired) electrons. The van der Waals surface area contributed by atoms with E-state index in [1.54, 1.807) is 0 Å². The van der Waals surface area contributed by atoms with E-state index in [1.807, 2.05) is 13.0 Å². The summed E-state index contributed by atoms with van der Waals surface area (Å²) in [5.41, 5.74) is 2.59. The Morgan fingerprint density at radius 1 is 1.15 bits per heavy atom. The predicted molar refractivity (Wildman–Crippen MR) is 128 cm³/mol. The number of hydrogen-bond donors (Lipinski definition) is 2. The lowest BCUT2D eigenvalue weighted by Crippen LogP contribution is -2.58. The van der Waals surface area contributed by atoms with Gasteiger partial charge in [0.15, 0.2) is 0 Å². The van der Waals surface area contributed by atoms with Crippen LogP contribution in [0.25, 0.3) is 10.9 Å². The second-order valence-electron chi connectivity index (χ2n) is 10.4. The van der Waals surface area contributed by atoms with Crippen LogP contribution >= 0.6 is 0 Å². The highest BCUT2D eigenvalue weighted by atomic mass is 16.3. The summed E-state index contributed by atoms with van der Waals surface area (Å²) in [4.78, 5) is 31.4. The molecule has 5 rings (SSSR count). The normalized spacial score (nSPS) is 28.3. The Balaban J connectivity index is 1.56. The number of fused-ring (bicyclic) bond motifs is 1. The Hall–Kier alpha value is -2.31. The zero-order valence-corrected chi connectivity index (χ0v) is 19.8. The summed E-state index contributed by atoms with van der Waals surface area (Å²) >= 11 is 0. The molecule has 33 heavy (non-hydrogen) atoms. The fraction of sp³-hybridized carbons (Fsp3) is 0.593. The van der Waals surface area contributed by atoms with Crippen molar-refractivity contribution in [2.75, 3.05) is 19.6 Å². The number of pyridine rings is 1. The molecule has 2 saturated heterocycles. The molecule has 3 aliphatic rings. The molecule has 0 bridgehead atoms. The molecule has 6 heteroatoms. The smallest absolute Gasteiger partial charge is 0.234 e. The van der Waals surface area contributed by atoms with Crippen LogP contribution in [0.2, 0.25) is 0 Å². The number of rotatable bonds is 3. The van der Waals surface area contributed by atoms with Gasteiger partial charge in [0.1, 0.15) is 0 Å². The Bertz CT molecular complexity index is 1090. The van der Waals surface area contributed by atoms with E-state index in [4.69, 9.17) is 4.98 Å². The summed E-state index contributed by atoms with van der Waals surface area (Å²) in [6.45, 7) is 7.01. The molecule has 2 atom stereocenters. The Morgan fingerprint density at radius 2 is 1.94 bits per heavy atom. The van der Waals surface area contributed by atoms with Gasteiger partial charge in [-0.1, -0.05) is 32.3 Å². The fourth-order valence-electron chi connectivity index (χ4n) is 6.63. The SMILES string of the molecule is CCN1CCC(O)(c2ccc3nc(C)c(C4CCC(=O)NC4=O)cc3c2)C2(CCCCC2)C1. The molecule has 2 N–H and O–H groups in total. The lowest BCUT2D eigenvalue weighted by atomic mass is 9.58. The number of carbonyl (C=O) groups excluding carboxylic acids is 2. The molecule has 2 aromatic rings. The van der Waals surface area contributed by atoms with Crippen LogP contribution in [-0.4, -0.2) is 46.4 Å². The van der Waals surface area contributed by atoms with Gasteiger partial charge in [0, 0.05) is 36.0 Å². The van der Waals surface area contributed by atoms with Crippen LogP contribution in [0.1, 0.15) is 81.0 Å². The summed E-state index contributed by atoms with van der Waals surface area (Å²) < 4.78 is 0. The zero-order valence-electron chi connectivity index (χ0n) is 19.8. The fourth-order valence-corrected chi connectivity index (χ4v) is 6.63. The molecule has 1 aromatic carbocycles. The number of hydrogen-bond acceptors (Lipinski definition) is 5. The lowest BCUT2D eigenvalue weighted by molar-refractivity contribution is -0.157. The Morgan fingerprint density at radius 3 is 2.67 bits per heavy atom. The van der Waals surface area contributed by atoms with Crippen LogP contribution in [0.15, 0.2) is 24.3 Å². The third-order valence-corrected chi connectivity index (χ3v) is 8.59. The van der Waals surface area contributed by atoms with Crippen LogP contribution in [0.4, 0.5) is 0 Å². The third-order valence-electron chi connectivity index (χ3n) is 8.59. The number of nitrogens with zero attached hydrogens (tertiary/aromatic N) is 2. The van der Waals surface area contributed by atoms with Gasteiger partial charge in [-0.25, -0.2) is 0 Å². The number of imide groups is 1. The molecule has 3 fully saturated rings. The van der Waals surface area contributed by atoms with E-state index in [1.165, 1.54) is 19.3 Å². The summed E-state index contributed by atoms with van der Waals surface area (Å²) in [7, 11) is 0. The van der Waals surface area contributed by atoms with Crippen molar-refractivity contribution >= 4 is 22.7 Å². The molecule has 1 saturated carbocycles. The second kappa shape index (κ2) is 8.48. The summed E-state index contributed by atoms with van der Waals surface area (Å²) in [5, 5.41) is 15.7. The highest BCUT2D eigenvalue weighted by molar-refractivity contribution is 6.01. The number of amides is 2. The summed E-state index contributed by atoms with van der Waals surface area (Å²) in [5.74, 6) is -0.800. The maximum atomic E-state index is 12.5. The first-order valence-electron chi connectivity index (χ1n) is 12.6. The molecule has 1 aromatic heterocycles. The minimum absolute atomic E-state index is 0.113. The van der Waals surface area contributed by atoms with E-state index in [2.05, 4.69) is 35.3 Å². The number of likely N-dealkylation sites (tertiary alicyclic amines) is 1. The highest BCUT2D eigenvalue weighted by Crippen LogP contribution is 2.54. The van der Waals surface area contributed by atoms with Crippen molar-refractivity contribution in [2.24, 2.45) is 5.41 Å². The predicted octanol–water partition coefficient (Wildman–Crippen LogP) is 3.93. The van der Waals surface area contributed by atoms with E-state index in [9.17, 15) is 14.7 Å². The quantitative estimate of drug-likeness (QED) is 0.694. The molecule has 1 aliphatic carbocycles. The minimum Gasteiger partial charge on any atom is -0.384 e. The third kappa shape index (κ3) is 3.77. The highest BCUT2D eigenvalue weighted by Gasteiger charge is 2.54. The molecule has 2 unspecified atom stereocenters. The molecule has 2 aliphatic heterocycles. The Kier molecular flexibility index (Phi) is 5.78. The number of piperidine rings is 2. The number of aryl methyl sites for hydroxylation is 1. The van der Waals surface area contributed by atoms with Crippen molar-refractivity contribution in [3.8, 4) is 0 Å². The summed E-state index contributed by atoms with van der Waals surface area (Å²) in [6.07, 6.45) is 7.33. The van der Waals surface area contributed by atoms with Crippen molar-refractivity contribution < 1.29 is 14.7 Å². The van der Waals surface area contributed by atoms with Crippen LogP contribution in [0.5, 0.6) is 0 Å². The van der Waals surface area contributed by atoms with Gasteiger partial charge in [0.25, 0.3) is 0 Å². The van der Waals surface area contributed by atoms with Gasteiger partial charge < -0.3 is 10.0 Å². The first kappa shape index (κ1) is 22.5. The number of aliphatic hydroxyl groups is 1. The standard InChI is InChI=1S/C27H35N3O3/c1-3-30-14-13-27(33,26(17-30)11-5-4-6-12-26)20-7-9-23-19(15-20)16-22(18(2)28-23)21-8-10-24(31)29-25(21)32/h7,9,15-16,21,33H,3-6,8,10-14,17H2,1-2H3,(H,29,31,32). The summed E-state index contributed by atoms with van der Waals surface area (Å²) in [6, 6.07) is 8.25. The van der Waals surface area contributed by atoms with Gasteiger partial charge in [-0.15, -0.1) is 0 Å². The number of aromatic nitrogens is 1. The van der Waals surface area contributed by atoms with E-state index in [-0.39, 0.29) is 23.1 Å². The second-order valence-corrected chi connectivity index (χ2v) is 10.4. The average molecular weight is 450 g/mol. The monoisotopic (exact) mass is 449 g/mol. The van der Waals surface area contributed by atoms with E-state index < -0.39 is 5.60 Å². The maximum Gasteiger partial charge on any atom is 0.234 e. The van der Waals surface area contributed by atoms with Crippen molar-refractivity contribution in [1.29, 1.82) is 0 Å². The van der Waals surface area contributed by atoms with Gasteiger partial charge in [-0.05, 0) is 68.5 Å². The number of carbonyl (C=O) groups is 2. The van der Waals surface area contributed by atoms with Crippen molar-refractivity contribution in [1.82, 2.24) is 15.2 Å². The van der Waals surface area contributed by atoms with Crippen molar-refractivity contribution in [3.63, 3.8) is 0 Å². The van der Waals surface area contributed by atoms with E-state index >= 15 is 0 Å². The number of nitrogens with one attached hydrogen (secondary N) is 1. The van der Waals surface area contributed by atoms with Gasteiger partial charge in [-0.3, -0.25) is 19.9 Å². The largest absolute Gasteiger partial charge is 0.384 e. The minimum atomic E-state index is -0.854. The molecule has 2 amide bonds. The first-order valence-corrected chi connectivity index (χ1v) is 12.6. The van der Waals surface area contributed by atoms with Gasteiger partial charge in [0.2, 0.25) is 11.8 Å². The molecular weight excluding hydrogens is 414 g/mol.